The Bertz CT molecular complexity index is 145. The molecule has 0 bridgehead atoms. The van der Waals surface area contributed by atoms with E-state index in [-0.39, 0.29) is 5.60 Å². The van der Waals surface area contributed by atoms with Crippen molar-refractivity contribution in [3.8, 4) is 0 Å². The Morgan fingerprint density at radius 3 is 2.07 bits per heavy atom. The zero-order chi connectivity index (χ0) is 11.0. The summed E-state index contributed by atoms with van der Waals surface area (Å²) in [5.74, 6) is 0. The van der Waals surface area contributed by atoms with E-state index in [4.69, 9.17) is 0 Å². The van der Waals surface area contributed by atoms with Crippen LogP contribution in [0, 0.1) is 0 Å². The molecule has 1 aliphatic carbocycles. The SMILES string of the molecule is CCCCCCCC1(O)CCCCCC1. The minimum Gasteiger partial charge on any atom is -0.390 e. The van der Waals surface area contributed by atoms with E-state index in [1.165, 1.54) is 57.8 Å². The number of unbranched alkanes of at least 4 members (excludes halogenated alkanes) is 4. The van der Waals surface area contributed by atoms with E-state index in [1.54, 1.807) is 0 Å². The van der Waals surface area contributed by atoms with E-state index in [2.05, 4.69) is 6.92 Å². The largest absolute Gasteiger partial charge is 0.390 e. The lowest BCUT2D eigenvalue weighted by atomic mass is 9.88. The molecule has 90 valence electrons. The number of aliphatic hydroxyl groups is 1. The minimum atomic E-state index is -0.289. The molecule has 0 saturated heterocycles. The second-order valence-corrected chi connectivity index (χ2v) is 5.30. The molecule has 0 heterocycles. The average Bonchev–Trinajstić information content (AvgIpc) is 2.43. The van der Waals surface area contributed by atoms with Crippen molar-refractivity contribution in [3.63, 3.8) is 0 Å². The summed E-state index contributed by atoms with van der Waals surface area (Å²) in [5.41, 5.74) is -0.289. The van der Waals surface area contributed by atoms with Gasteiger partial charge in [0.2, 0.25) is 0 Å². The Morgan fingerprint density at radius 1 is 0.867 bits per heavy atom. The van der Waals surface area contributed by atoms with Crippen molar-refractivity contribution >= 4 is 0 Å². The average molecular weight is 212 g/mol. The van der Waals surface area contributed by atoms with E-state index in [1.807, 2.05) is 0 Å². The predicted molar refractivity (Wildman–Crippen MR) is 66.0 cm³/mol. The van der Waals surface area contributed by atoms with Crippen LogP contribution in [0.5, 0.6) is 0 Å². The van der Waals surface area contributed by atoms with Crippen LogP contribution < -0.4 is 0 Å². The first-order chi connectivity index (χ1) is 7.27. The molecule has 0 unspecified atom stereocenters. The Kier molecular flexibility index (Phi) is 6.31. The zero-order valence-corrected chi connectivity index (χ0v) is 10.4. The van der Waals surface area contributed by atoms with Crippen molar-refractivity contribution in [1.29, 1.82) is 0 Å². The van der Waals surface area contributed by atoms with E-state index < -0.39 is 0 Å². The number of rotatable bonds is 6. The van der Waals surface area contributed by atoms with Crippen LogP contribution in [0.15, 0.2) is 0 Å². The van der Waals surface area contributed by atoms with Gasteiger partial charge in [-0.3, -0.25) is 0 Å². The lowest BCUT2D eigenvalue weighted by molar-refractivity contribution is 0.0140. The van der Waals surface area contributed by atoms with Crippen LogP contribution in [0.2, 0.25) is 0 Å². The standard InChI is InChI=1S/C14H28O/c1-2-3-4-5-8-11-14(15)12-9-6-7-10-13-14/h15H,2-13H2,1H3. The van der Waals surface area contributed by atoms with Gasteiger partial charge in [-0.05, 0) is 19.3 Å². The Morgan fingerprint density at radius 2 is 1.47 bits per heavy atom. The molecular weight excluding hydrogens is 184 g/mol. The molecule has 0 atom stereocenters. The lowest BCUT2D eigenvalue weighted by Crippen LogP contribution is -2.27. The number of hydrogen-bond donors (Lipinski definition) is 1. The Hall–Kier alpha value is -0.0400. The quantitative estimate of drug-likeness (QED) is 0.510. The van der Waals surface area contributed by atoms with Gasteiger partial charge in [0.25, 0.3) is 0 Å². The number of hydrogen-bond acceptors (Lipinski definition) is 1. The van der Waals surface area contributed by atoms with Crippen molar-refractivity contribution in [2.45, 2.75) is 89.6 Å². The van der Waals surface area contributed by atoms with Gasteiger partial charge in [-0.2, -0.15) is 0 Å². The summed E-state index contributed by atoms with van der Waals surface area (Å²) in [5, 5.41) is 10.4. The molecule has 1 aliphatic rings. The lowest BCUT2D eigenvalue weighted by Gasteiger charge is -2.26. The maximum atomic E-state index is 10.4. The van der Waals surface area contributed by atoms with Gasteiger partial charge >= 0.3 is 0 Å². The van der Waals surface area contributed by atoms with Gasteiger partial charge in [0, 0.05) is 0 Å². The van der Waals surface area contributed by atoms with E-state index in [0.29, 0.717) is 0 Å². The molecular formula is C14H28O. The van der Waals surface area contributed by atoms with Gasteiger partial charge < -0.3 is 5.11 Å². The third-order valence-corrected chi connectivity index (χ3v) is 3.78. The van der Waals surface area contributed by atoms with Gasteiger partial charge in [-0.15, -0.1) is 0 Å². The molecule has 0 spiro atoms. The van der Waals surface area contributed by atoms with Crippen molar-refractivity contribution in [2.75, 3.05) is 0 Å². The Labute approximate surface area is 95.3 Å². The van der Waals surface area contributed by atoms with Crippen LogP contribution in [-0.2, 0) is 0 Å². The maximum Gasteiger partial charge on any atom is 0.0647 e. The highest BCUT2D eigenvalue weighted by Gasteiger charge is 2.26. The van der Waals surface area contributed by atoms with E-state index in [0.717, 1.165) is 19.3 Å². The van der Waals surface area contributed by atoms with Gasteiger partial charge in [0.05, 0.1) is 5.60 Å². The van der Waals surface area contributed by atoms with Crippen LogP contribution in [0.1, 0.15) is 84.0 Å². The van der Waals surface area contributed by atoms with Crippen LogP contribution in [-0.4, -0.2) is 10.7 Å². The maximum absolute atomic E-state index is 10.4. The van der Waals surface area contributed by atoms with Crippen molar-refractivity contribution in [2.24, 2.45) is 0 Å². The van der Waals surface area contributed by atoms with E-state index in [9.17, 15) is 5.11 Å². The summed E-state index contributed by atoms with van der Waals surface area (Å²) >= 11 is 0. The minimum absolute atomic E-state index is 0.289. The third-order valence-electron chi connectivity index (χ3n) is 3.78. The van der Waals surface area contributed by atoms with E-state index >= 15 is 0 Å². The van der Waals surface area contributed by atoms with Crippen LogP contribution >= 0.6 is 0 Å². The van der Waals surface area contributed by atoms with Crippen molar-refractivity contribution in [1.82, 2.24) is 0 Å². The van der Waals surface area contributed by atoms with Gasteiger partial charge in [-0.1, -0.05) is 64.7 Å². The molecule has 0 aliphatic heterocycles. The molecule has 15 heavy (non-hydrogen) atoms. The summed E-state index contributed by atoms with van der Waals surface area (Å²) in [7, 11) is 0. The fourth-order valence-corrected chi connectivity index (χ4v) is 2.69. The molecule has 1 heteroatoms. The Balaban J connectivity index is 2.11. The topological polar surface area (TPSA) is 20.2 Å². The first kappa shape index (κ1) is 13.0. The first-order valence-corrected chi connectivity index (χ1v) is 6.99. The monoisotopic (exact) mass is 212 g/mol. The smallest absolute Gasteiger partial charge is 0.0647 e. The van der Waals surface area contributed by atoms with Crippen molar-refractivity contribution < 1.29 is 5.11 Å². The van der Waals surface area contributed by atoms with Crippen LogP contribution in [0.25, 0.3) is 0 Å². The molecule has 1 fully saturated rings. The molecule has 0 amide bonds. The summed E-state index contributed by atoms with van der Waals surface area (Å²) in [4.78, 5) is 0. The van der Waals surface area contributed by atoms with Gasteiger partial charge in [0.15, 0.2) is 0 Å². The molecule has 1 rings (SSSR count). The molecule has 0 aromatic heterocycles. The van der Waals surface area contributed by atoms with Crippen molar-refractivity contribution in [3.05, 3.63) is 0 Å². The molecule has 0 radical (unpaired) electrons. The summed E-state index contributed by atoms with van der Waals surface area (Å²) < 4.78 is 0. The highest BCUT2D eigenvalue weighted by Crippen LogP contribution is 2.31. The summed E-state index contributed by atoms with van der Waals surface area (Å²) in [6.45, 7) is 2.25. The fraction of sp³-hybridized carbons (Fsp3) is 1.00. The second-order valence-electron chi connectivity index (χ2n) is 5.30. The molecule has 1 saturated carbocycles. The molecule has 0 aromatic rings. The zero-order valence-electron chi connectivity index (χ0n) is 10.4. The highest BCUT2D eigenvalue weighted by atomic mass is 16.3. The molecule has 0 aromatic carbocycles. The second kappa shape index (κ2) is 7.27. The van der Waals surface area contributed by atoms with Gasteiger partial charge in [0.1, 0.15) is 0 Å². The first-order valence-electron chi connectivity index (χ1n) is 6.99. The van der Waals surface area contributed by atoms with Crippen LogP contribution in [0.3, 0.4) is 0 Å². The summed E-state index contributed by atoms with van der Waals surface area (Å²) in [6, 6.07) is 0. The van der Waals surface area contributed by atoms with Crippen LogP contribution in [0.4, 0.5) is 0 Å². The summed E-state index contributed by atoms with van der Waals surface area (Å²) in [6.07, 6.45) is 14.9. The highest BCUT2D eigenvalue weighted by molar-refractivity contribution is 4.80. The fourth-order valence-electron chi connectivity index (χ4n) is 2.69. The predicted octanol–water partition coefficient (Wildman–Crippen LogP) is 4.43. The normalized spacial score (nSPS) is 21.2. The third kappa shape index (κ3) is 5.55. The molecule has 1 nitrogen and oxygen atoms in total. The van der Waals surface area contributed by atoms with Gasteiger partial charge in [-0.25, -0.2) is 0 Å². The molecule has 1 N–H and O–H groups in total.